The van der Waals surface area contributed by atoms with E-state index in [0.29, 0.717) is 0 Å². The van der Waals surface area contributed by atoms with Crippen molar-refractivity contribution in [2.75, 3.05) is 13.1 Å². The van der Waals surface area contributed by atoms with Crippen LogP contribution < -0.4 is 5.73 Å². The Kier molecular flexibility index (Phi) is 3.25. The van der Waals surface area contributed by atoms with Gasteiger partial charge in [0.05, 0.1) is 0 Å². The van der Waals surface area contributed by atoms with Crippen LogP contribution in [-0.2, 0) is 0 Å². The number of aliphatic imine (C=N–C) groups is 1. The quantitative estimate of drug-likeness (QED) is 0.660. The highest BCUT2D eigenvalue weighted by Gasteiger charge is 2.18. The van der Waals surface area contributed by atoms with Gasteiger partial charge >= 0.3 is 0 Å². The molecule has 0 radical (unpaired) electrons. The molecule has 0 aromatic heterocycles. The van der Waals surface area contributed by atoms with Gasteiger partial charge in [0, 0.05) is 36.7 Å². The number of hydrogen-bond acceptors (Lipinski definition) is 3. The van der Waals surface area contributed by atoms with Gasteiger partial charge in [-0.2, -0.15) is 0 Å². The van der Waals surface area contributed by atoms with Crippen LogP contribution in [0.5, 0.6) is 0 Å². The van der Waals surface area contributed by atoms with E-state index in [1.807, 2.05) is 6.92 Å². The predicted octanol–water partition coefficient (Wildman–Crippen LogP) is 1.14. The zero-order valence-corrected chi connectivity index (χ0v) is 8.16. The van der Waals surface area contributed by atoms with E-state index in [1.165, 1.54) is 0 Å². The van der Waals surface area contributed by atoms with Crippen molar-refractivity contribution in [3.63, 3.8) is 0 Å². The largest absolute Gasteiger partial charge is 0.369 e. The Hall–Kier alpha value is -1.09. The highest BCUT2D eigenvalue weighted by Crippen LogP contribution is 2.11. The lowest BCUT2D eigenvalue weighted by Gasteiger charge is -2.16. The molecule has 72 valence electrons. The Morgan fingerprint density at radius 2 is 2.31 bits per heavy atom. The summed E-state index contributed by atoms with van der Waals surface area (Å²) in [4.78, 5) is 6.24. The first kappa shape index (κ1) is 9.99. The normalized spacial score (nSPS) is 22.6. The maximum atomic E-state index is 5.77. The lowest BCUT2D eigenvalue weighted by atomic mass is 10.3. The van der Waals surface area contributed by atoms with Crippen molar-refractivity contribution >= 4 is 6.21 Å². The van der Waals surface area contributed by atoms with Crippen molar-refractivity contribution in [3.8, 4) is 0 Å². The average Bonchev–Trinajstić information content (AvgIpc) is 2.47. The summed E-state index contributed by atoms with van der Waals surface area (Å²) in [5, 5.41) is 0. The van der Waals surface area contributed by atoms with Gasteiger partial charge in [-0.3, -0.25) is 4.99 Å². The summed E-state index contributed by atoms with van der Waals surface area (Å²) in [6.07, 6.45) is 2.79. The van der Waals surface area contributed by atoms with Gasteiger partial charge in [-0.15, -0.1) is 0 Å². The van der Waals surface area contributed by atoms with E-state index in [4.69, 9.17) is 5.73 Å². The molecule has 1 fully saturated rings. The molecule has 0 aromatic carbocycles. The molecule has 13 heavy (non-hydrogen) atoms. The fourth-order valence-corrected chi connectivity index (χ4v) is 1.31. The lowest BCUT2D eigenvalue weighted by molar-refractivity contribution is 0.444. The van der Waals surface area contributed by atoms with Crippen molar-refractivity contribution < 1.29 is 0 Å². The summed E-state index contributed by atoms with van der Waals surface area (Å²) in [5.41, 5.74) is 7.50. The summed E-state index contributed by atoms with van der Waals surface area (Å²) in [6.45, 7) is 11.3. The second-order valence-corrected chi connectivity index (χ2v) is 3.48. The lowest BCUT2D eigenvalue weighted by Crippen LogP contribution is -2.26. The summed E-state index contributed by atoms with van der Waals surface area (Å²) < 4.78 is 0. The summed E-state index contributed by atoms with van der Waals surface area (Å²) in [5.74, 6) is 0. The average molecular weight is 179 g/mol. The molecule has 0 bridgehead atoms. The number of nitrogens with two attached hydrogens (primary N) is 1. The van der Waals surface area contributed by atoms with Crippen LogP contribution in [0.4, 0.5) is 0 Å². The topological polar surface area (TPSA) is 41.6 Å². The second kappa shape index (κ2) is 4.23. The monoisotopic (exact) mass is 179 g/mol. The Bertz CT molecular complexity index is 243. The molecule has 1 heterocycles. The SMILES string of the molecule is C=C(C)N=CC(=C)N1CCC(N)C1. The minimum absolute atomic E-state index is 0.287. The molecule has 0 spiro atoms. The summed E-state index contributed by atoms with van der Waals surface area (Å²) in [6, 6.07) is 0.287. The molecule has 1 atom stereocenters. The number of rotatable bonds is 3. The van der Waals surface area contributed by atoms with Crippen LogP contribution in [0, 0.1) is 0 Å². The Morgan fingerprint density at radius 3 is 2.77 bits per heavy atom. The van der Waals surface area contributed by atoms with E-state index < -0.39 is 0 Å². The van der Waals surface area contributed by atoms with Crippen LogP contribution in [0.1, 0.15) is 13.3 Å². The van der Waals surface area contributed by atoms with Gasteiger partial charge in [-0.1, -0.05) is 13.2 Å². The molecule has 1 aliphatic heterocycles. The fraction of sp³-hybridized carbons (Fsp3) is 0.500. The van der Waals surface area contributed by atoms with Crippen LogP contribution in [0.2, 0.25) is 0 Å². The van der Waals surface area contributed by atoms with E-state index in [2.05, 4.69) is 23.1 Å². The molecule has 1 aliphatic rings. The van der Waals surface area contributed by atoms with Gasteiger partial charge in [-0.05, 0) is 13.3 Å². The number of allylic oxidation sites excluding steroid dienone is 2. The predicted molar refractivity (Wildman–Crippen MR) is 56.6 cm³/mol. The number of nitrogens with zero attached hydrogens (tertiary/aromatic N) is 2. The van der Waals surface area contributed by atoms with Crippen LogP contribution >= 0.6 is 0 Å². The zero-order valence-electron chi connectivity index (χ0n) is 8.16. The third kappa shape index (κ3) is 3.03. The van der Waals surface area contributed by atoms with Crippen molar-refractivity contribution in [2.24, 2.45) is 10.7 Å². The minimum Gasteiger partial charge on any atom is -0.369 e. The van der Waals surface area contributed by atoms with Crippen molar-refractivity contribution in [1.82, 2.24) is 4.90 Å². The molecule has 0 aliphatic carbocycles. The maximum absolute atomic E-state index is 5.77. The van der Waals surface area contributed by atoms with Gasteiger partial charge < -0.3 is 10.6 Å². The molecule has 2 N–H and O–H groups in total. The van der Waals surface area contributed by atoms with Crippen LogP contribution in [-0.4, -0.2) is 30.2 Å². The third-order valence-electron chi connectivity index (χ3n) is 2.06. The molecular weight excluding hydrogens is 162 g/mol. The van der Waals surface area contributed by atoms with Crippen LogP contribution in [0.15, 0.2) is 29.5 Å². The first-order chi connectivity index (χ1) is 6.09. The van der Waals surface area contributed by atoms with Crippen molar-refractivity contribution in [2.45, 2.75) is 19.4 Å². The van der Waals surface area contributed by atoms with Crippen LogP contribution in [0.25, 0.3) is 0 Å². The Balaban J connectivity index is 2.44. The number of hydrogen-bond donors (Lipinski definition) is 1. The minimum atomic E-state index is 0.287. The second-order valence-electron chi connectivity index (χ2n) is 3.48. The first-order valence-corrected chi connectivity index (χ1v) is 4.48. The molecule has 0 amide bonds. The van der Waals surface area contributed by atoms with Crippen molar-refractivity contribution in [1.29, 1.82) is 0 Å². The van der Waals surface area contributed by atoms with Crippen molar-refractivity contribution in [3.05, 3.63) is 24.6 Å². The van der Waals surface area contributed by atoms with E-state index in [0.717, 1.165) is 30.9 Å². The van der Waals surface area contributed by atoms with E-state index in [9.17, 15) is 0 Å². The zero-order chi connectivity index (χ0) is 9.84. The molecule has 1 rings (SSSR count). The van der Waals surface area contributed by atoms with E-state index in [-0.39, 0.29) is 6.04 Å². The fourth-order valence-electron chi connectivity index (χ4n) is 1.31. The van der Waals surface area contributed by atoms with Gasteiger partial charge in [0.15, 0.2) is 0 Å². The standard InChI is InChI=1S/C10H17N3/c1-8(2)12-6-9(3)13-5-4-10(11)7-13/h6,10H,1,3-5,7,11H2,2H3. The Labute approximate surface area is 79.6 Å². The summed E-state index contributed by atoms with van der Waals surface area (Å²) in [7, 11) is 0. The Morgan fingerprint density at radius 1 is 1.62 bits per heavy atom. The van der Waals surface area contributed by atoms with E-state index >= 15 is 0 Å². The molecular formula is C10H17N3. The molecule has 3 nitrogen and oxygen atoms in total. The summed E-state index contributed by atoms with van der Waals surface area (Å²) >= 11 is 0. The van der Waals surface area contributed by atoms with Gasteiger partial charge in [0.25, 0.3) is 0 Å². The highest BCUT2D eigenvalue weighted by atomic mass is 15.2. The molecule has 0 saturated carbocycles. The maximum Gasteiger partial charge on any atom is 0.0498 e. The molecule has 3 heteroatoms. The smallest absolute Gasteiger partial charge is 0.0498 e. The van der Waals surface area contributed by atoms with Crippen LogP contribution in [0.3, 0.4) is 0 Å². The van der Waals surface area contributed by atoms with E-state index in [1.54, 1.807) is 6.21 Å². The third-order valence-corrected chi connectivity index (χ3v) is 2.06. The molecule has 1 unspecified atom stereocenters. The number of likely N-dealkylation sites (tertiary alicyclic amines) is 1. The van der Waals surface area contributed by atoms with Gasteiger partial charge in [-0.25, -0.2) is 0 Å². The highest BCUT2D eigenvalue weighted by molar-refractivity contribution is 5.77. The van der Waals surface area contributed by atoms with Gasteiger partial charge in [0.2, 0.25) is 0 Å². The first-order valence-electron chi connectivity index (χ1n) is 4.48. The molecule has 0 aromatic rings. The molecule has 1 saturated heterocycles. The van der Waals surface area contributed by atoms with Gasteiger partial charge in [0.1, 0.15) is 0 Å².